The highest BCUT2D eigenvalue weighted by atomic mass is 79.9. The number of carbonyl (C=O) groups excluding carboxylic acids is 2. The molecule has 1 N–H and O–H groups in total. The molecular weight excluding hydrogens is 528 g/mol. The van der Waals surface area contributed by atoms with Gasteiger partial charge in [-0.1, -0.05) is 82.7 Å². The molecule has 2 atom stereocenters. The van der Waals surface area contributed by atoms with E-state index in [1.807, 2.05) is 97.1 Å². The summed E-state index contributed by atoms with van der Waals surface area (Å²) < 4.78 is 6.33. The van der Waals surface area contributed by atoms with Crippen molar-refractivity contribution in [3.05, 3.63) is 119 Å². The maximum absolute atomic E-state index is 14.0. The van der Waals surface area contributed by atoms with Crippen molar-refractivity contribution in [1.82, 2.24) is 4.98 Å². The van der Waals surface area contributed by atoms with Gasteiger partial charge in [-0.3, -0.25) is 9.59 Å². The lowest BCUT2D eigenvalue weighted by molar-refractivity contribution is -0.146. The second-order valence-electron chi connectivity index (χ2n) is 8.72. The maximum Gasteiger partial charge on any atom is 0.319 e. The van der Waals surface area contributed by atoms with E-state index in [1.165, 1.54) is 0 Å². The van der Waals surface area contributed by atoms with Crippen molar-refractivity contribution in [2.45, 2.75) is 13.0 Å². The Morgan fingerprint density at radius 3 is 2.27 bits per heavy atom. The zero-order chi connectivity index (χ0) is 25.8. The lowest BCUT2D eigenvalue weighted by atomic mass is 9.87. The summed E-state index contributed by atoms with van der Waals surface area (Å²) in [5.74, 6) is -2.14. The van der Waals surface area contributed by atoms with Crippen LogP contribution >= 0.6 is 15.9 Å². The Morgan fingerprint density at radius 2 is 1.51 bits per heavy atom. The molecule has 0 saturated heterocycles. The van der Waals surface area contributed by atoms with Crippen LogP contribution in [0.3, 0.4) is 0 Å². The topological polar surface area (TPSA) is 68.3 Å². The van der Waals surface area contributed by atoms with Gasteiger partial charge in [0.2, 0.25) is 0 Å². The molecule has 5 rings (SSSR count). The van der Waals surface area contributed by atoms with Gasteiger partial charge >= 0.3 is 5.97 Å². The smallest absolute Gasteiger partial charge is 0.319 e. The molecule has 0 bridgehead atoms. The molecule has 0 aliphatic heterocycles. The number of rotatable bonds is 8. The standard InChI is InChI=1S/C31H25BrN2O3/c1-2-37-31(36)28(30(35)27-18-14-21-8-5-6-10-26(21)34-27)29(22-11-15-24(32)16-12-22)33-25-17-13-20-7-3-4-9-23(20)19-25/h3-19,28-29,33H,2H2,1H3. The number of ether oxygens (including phenoxy) is 1. The fourth-order valence-corrected chi connectivity index (χ4v) is 4.74. The Balaban J connectivity index is 1.60. The molecule has 37 heavy (non-hydrogen) atoms. The van der Waals surface area contributed by atoms with Crippen LogP contribution in [0.1, 0.15) is 29.0 Å². The number of halogens is 1. The van der Waals surface area contributed by atoms with Crippen molar-refractivity contribution in [2.24, 2.45) is 5.92 Å². The predicted octanol–water partition coefficient (Wildman–Crippen LogP) is 7.37. The molecule has 0 spiro atoms. The highest BCUT2D eigenvalue weighted by Gasteiger charge is 2.38. The molecule has 5 nitrogen and oxygen atoms in total. The van der Waals surface area contributed by atoms with E-state index in [4.69, 9.17) is 4.74 Å². The quantitative estimate of drug-likeness (QED) is 0.124. The molecule has 1 heterocycles. The van der Waals surface area contributed by atoms with Gasteiger partial charge in [-0.25, -0.2) is 4.98 Å². The van der Waals surface area contributed by atoms with Gasteiger partial charge in [-0.05, 0) is 59.7 Å². The largest absolute Gasteiger partial charge is 0.465 e. The number of fused-ring (bicyclic) bond motifs is 2. The molecule has 0 amide bonds. The number of Topliss-reactive ketones (excluding diaryl/α,β-unsaturated/α-hetero) is 1. The molecule has 1 aromatic heterocycles. The van der Waals surface area contributed by atoms with Gasteiger partial charge < -0.3 is 10.1 Å². The van der Waals surface area contributed by atoms with E-state index in [1.54, 1.807) is 13.0 Å². The first-order valence-electron chi connectivity index (χ1n) is 12.1. The van der Waals surface area contributed by atoms with Gasteiger partial charge in [-0.15, -0.1) is 0 Å². The molecule has 6 heteroatoms. The number of hydrogen-bond donors (Lipinski definition) is 1. The monoisotopic (exact) mass is 552 g/mol. The molecular formula is C31H25BrN2O3. The summed E-state index contributed by atoms with van der Waals surface area (Å²) in [5.41, 5.74) is 2.49. The van der Waals surface area contributed by atoms with E-state index in [2.05, 4.69) is 26.2 Å². The summed E-state index contributed by atoms with van der Waals surface area (Å²) in [7, 11) is 0. The van der Waals surface area contributed by atoms with Crippen LogP contribution in [0, 0.1) is 5.92 Å². The van der Waals surface area contributed by atoms with Crippen molar-refractivity contribution >= 4 is 55.0 Å². The van der Waals surface area contributed by atoms with Crippen LogP contribution in [0.2, 0.25) is 0 Å². The van der Waals surface area contributed by atoms with Crippen LogP contribution in [-0.4, -0.2) is 23.3 Å². The maximum atomic E-state index is 14.0. The van der Waals surface area contributed by atoms with Crippen LogP contribution in [-0.2, 0) is 9.53 Å². The number of anilines is 1. The number of benzene rings is 4. The molecule has 0 radical (unpaired) electrons. The van der Waals surface area contributed by atoms with Crippen molar-refractivity contribution in [1.29, 1.82) is 0 Å². The van der Waals surface area contributed by atoms with Gasteiger partial charge in [0.25, 0.3) is 0 Å². The second kappa shape index (κ2) is 10.9. The van der Waals surface area contributed by atoms with E-state index >= 15 is 0 Å². The van der Waals surface area contributed by atoms with E-state index in [0.717, 1.165) is 31.9 Å². The highest BCUT2D eigenvalue weighted by molar-refractivity contribution is 9.10. The van der Waals surface area contributed by atoms with Crippen LogP contribution < -0.4 is 5.32 Å². The number of hydrogen-bond acceptors (Lipinski definition) is 5. The van der Waals surface area contributed by atoms with Crippen LogP contribution in [0.4, 0.5) is 5.69 Å². The average molecular weight is 553 g/mol. The molecule has 0 aliphatic rings. The van der Waals surface area contributed by atoms with E-state index in [0.29, 0.717) is 5.52 Å². The van der Waals surface area contributed by atoms with Gasteiger partial charge in [0, 0.05) is 15.5 Å². The number of esters is 1. The van der Waals surface area contributed by atoms with Crippen molar-refractivity contribution in [3.63, 3.8) is 0 Å². The third kappa shape index (κ3) is 5.39. The second-order valence-corrected chi connectivity index (χ2v) is 9.63. The Morgan fingerprint density at radius 1 is 0.838 bits per heavy atom. The van der Waals surface area contributed by atoms with Crippen LogP contribution in [0.15, 0.2) is 108 Å². The van der Waals surface area contributed by atoms with Gasteiger partial charge in [0.15, 0.2) is 5.78 Å². The average Bonchev–Trinajstić information content (AvgIpc) is 2.93. The Labute approximate surface area is 223 Å². The molecule has 5 aromatic rings. The fraction of sp³-hybridized carbons (Fsp3) is 0.129. The highest BCUT2D eigenvalue weighted by Crippen LogP contribution is 2.33. The Hall–Kier alpha value is -4.03. The lowest BCUT2D eigenvalue weighted by Crippen LogP contribution is -2.36. The number of nitrogens with zero attached hydrogens (tertiary/aromatic N) is 1. The summed E-state index contributed by atoms with van der Waals surface area (Å²) in [6, 6.07) is 32.0. The molecule has 184 valence electrons. The summed E-state index contributed by atoms with van der Waals surface area (Å²) in [6.07, 6.45) is 0. The zero-order valence-electron chi connectivity index (χ0n) is 20.2. The number of para-hydroxylation sites is 1. The lowest BCUT2D eigenvalue weighted by Gasteiger charge is -2.27. The SMILES string of the molecule is CCOC(=O)C(C(=O)c1ccc2ccccc2n1)C(Nc1ccc2ccccc2c1)c1ccc(Br)cc1. The number of pyridine rings is 1. The minimum Gasteiger partial charge on any atom is -0.465 e. The van der Waals surface area contributed by atoms with E-state index in [-0.39, 0.29) is 12.3 Å². The third-order valence-electron chi connectivity index (χ3n) is 6.31. The zero-order valence-corrected chi connectivity index (χ0v) is 21.8. The molecule has 0 fully saturated rings. The summed E-state index contributed by atoms with van der Waals surface area (Å²) in [4.78, 5) is 31.9. The van der Waals surface area contributed by atoms with Crippen LogP contribution in [0.25, 0.3) is 21.7 Å². The first kappa shape index (κ1) is 24.7. The number of aromatic nitrogens is 1. The summed E-state index contributed by atoms with van der Waals surface area (Å²) >= 11 is 3.48. The van der Waals surface area contributed by atoms with Gasteiger partial charge in [-0.2, -0.15) is 0 Å². The minimum absolute atomic E-state index is 0.163. The Bertz CT molecular complexity index is 1580. The predicted molar refractivity (Wildman–Crippen MR) is 151 cm³/mol. The molecule has 0 saturated carbocycles. The first-order valence-corrected chi connectivity index (χ1v) is 12.9. The number of carbonyl (C=O) groups is 2. The molecule has 2 unspecified atom stereocenters. The summed E-state index contributed by atoms with van der Waals surface area (Å²) in [5, 5.41) is 6.55. The number of ketones is 1. The minimum atomic E-state index is -1.15. The fourth-order valence-electron chi connectivity index (χ4n) is 4.48. The molecule has 4 aromatic carbocycles. The van der Waals surface area contributed by atoms with Crippen molar-refractivity contribution in [2.75, 3.05) is 11.9 Å². The van der Waals surface area contributed by atoms with E-state index < -0.39 is 23.7 Å². The number of nitrogens with one attached hydrogen (secondary N) is 1. The summed E-state index contributed by atoms with van der Waals surface area (Å²) in [6.45, 7) is 1.90. The first-order chi connectivity index (χ1) is 18.0. The van der Waals surface area contributed by atoms with Crippen LogP contribution in [0.5, 0.6) is 0 Å². The Kier molecular flexibility index (Phi) is 7.28. The van der Waals surface area contributed by atoms with E-state index in [9.17, 15) is 9.59 Å². The van der Waals surface area contributed by atoms with Crippen molar-refractivity contribution in [3.8, 4) is 0 Å². The van der Waals surface area contributed by atoms with Gasteiger partial charge in [0.1, 0.15) is 11.6 Å². The third-order valence-corrected chi connectivity index (χ3v) is 6.84. The molecule has 0 aliphatic carbocycles. The normalized spacial score (nSPS) is 12.7. The van der Waals surface area contributed by atoms with Gasteiger partial charge in [0.05, 0.1) is 18.2 Å². The van der Waals surface area contributed by atoms with Crippen molar-refractivity contribution < 1.29 is 14.3 Å².